The van der Waals surface area contributed by atoms with E-state index >= 15 is 0 Å². The maximum atomic E-state index is 6.21. The van der Waals surface area contributed by atoms with E-state index < -0.39 is 0 Å². The van der Waals surface area contributed by atoms with Crippen LogP contribution in [0, 0.1) is 11.8 Å². The molecule has 0 aromatic heterocycles. The molecular weight excluding hydrogens is 242 g/mol. The van der Waals surface area contributed by atoms with Crippen molar-refractivity contribution < 1.29 is 4.74 Å². The second kappa shape index (κ2) is 5.72. The van der Waals surface area contributed by atoms with Crippen LogP contribution in [-0.4, -0.2) is 36.3 Å². The molecule has 3 heterocycles. The zero-order chi connectivity index (χ0) is 12.4. The van der Waals surface area contributed by atoms with Gasteiger partial charge in [0.25, 0.3) is 0 Å². The minimum atomic E-state index is 0.260. The Balaban J connectivity index is 1.62. The van der Waals surface area contributed by atoms with Crippen LogP contribution in [0.1, 0.15) is 45.4 Å². The molecule has 1 spiro atoms. The lowest BCUT2D eigenvalue weighted by Crippen LogP contribution is -2.50. The Morgan fingerprint density at radius 1 is 1.22 bits per heavy atom. The molecule has 0 bridgehead atoms. The number of hydrogen-bond donors (Lipinski definition) is 1. The number of hydrogen-bond acceptors (Lipinski definition) is 3. The van der Waals surface area contributed by atoms with Crippen molar-refractivity contribution in [3.8, 4) is 0 Å². The Hall–Kier alpha value is 0.270. The highest BCUT2D eigenvalue weighted by molar-refractivity contribution is 7.99. The topological polar surface area (TPSA) is 21.3 Å². The van der Waals surface area contributed by atoms with Crippen LogP contribution in [0.25, 0.3) is 0 Å². The van der Waals surface area contributed by atoms with Crippen molar-refractivity contribution in [1.82, 2.24) is 5.32 Å². The third-order valence-corrected chi connectivity index (χ3v) is 6.19. The van der Waals surface area contributed by atoms with E-state index in [1.54, 1.807) is 0 Å². The molecule has 3 aliphatic rings. The third kappa shape index (κ3) is 2.88. The van der Waals surface area contributed by atoms with Crippen molar-refractivity contribution in [2.45, 2.75) is 57.1 Å². The van der Waals surface area contributed by atoms with Gasteiger partial charge in [0.1, 0.15) is 0 Å². The summed E-state index contributed by atoms with van der Waals surface area (Å²) in [5.74, 6) is 4.39. The zero-order valence-corrected chi connectivity index (χ0v) is 12.4. The molecule has 18 heavy (non-hydrogen) atoms. The Kier molecular flexibility index (Phi) is 4.21. The summed E-state index contributed by atoms with van der Waals surface area (Å²) in [5.41, 5.74) is 0.260. The summed E-state index contributed by atoms with van der Waals surface area (Å²) in [6, 6.07) is 0.768. The molecule has 3 aliphatic heterocycles. The van der Waals surface area contributed by atoms with Crippen LogP contribution >= 0.6 is 11.8 Å². The van der Waals surface area contributed by atoms with Gasteiger partial charge in [-0.3, -0.25) is 0 Å². The van der Waals surface area contributed by atoms with Crippen LogP contribution in [0.4, 0.5) is 0 Å². The minimum Gasteiger partial charge on any atom is -0.375 e. The molecule has 0 aliphatic carbocycles. The van der Waals surface area contributed by atoms with Gasteiger partial charge in [-0.15, -0.1) is 0 Å². The lowest BCUT2D eigenvalue weighted by Gasteiger charge is -2.46. The van der Waals surface area contributed by atoms with E-state index in [0.717, 1.165) is 24.5 Å². The van der Waals surface area contributed by atoms with Gasteiger partial charge in [0.05, 0.1) is 5.60 Å². The molecule has 3 unspecified atom stereocenters. The van der Waals surface area contributed by atoms with Gasteiger partial charge in [0.15, 0.2) is 0 Å². The molecule has 0 saturated carbocycles. The van der Waals surface area contributed by atoms with Crippen molar-refractivity contribution in [2.24, 2.45) is 11.8 Å². The van der Waals surface area contributed by atoms with Crippen LogP contribution in [0.2, 0.25) is 0 Å². The summed E-state index contributed by atoms with van der Waals surface area (Å²) >= 11 is 2.10. The van der Waals surface area contributed by atoms with E-state index in [1.807, 2.05) is 0 Å². The van der Waals surface area contributed by atoms with Crippen LogP contribution in [0.5, 0.6) is 0 Å². The van der Waals surface area contributed by atoms with Crippen LogP contribution in [0.3, 0.4) is 0 Å². The fourth-order valence-corrected chi connectivity index (χ4v) is 5.25. The molecular formula is C15H27NOS. The van der Waals surface area contributed by atoms with E-state index in [-0.39, 0.29) is 5.60 Å². The fraction of sp³-hybridized carbons (Fsp3) is 1.00. The summed E-state index contributed by atoms with van der Waals surface area (Å²) in [4.78, 5) is 0. The zero-order valence-electron chi connectivity index (χ0n) is 11.6. The minimum absolute atomic E-state index is 0.260. The average molecular weight is 269 g/mol. The number of thioether (sulfide) groups is 1. The number of ether oxygens (including phenoxy) is 1. The first-order chi connectivity index (χ1) is 8.77. The molecule has 3 saturated heterocycles. The number of rotatable bonds is 1. The van der Waals surface area contributed by atoms with E-state index in [2.05, 4.69) is 24.0 Å². The molecule has 0 aromatic carbocycles. The second-order valence-electron chi connectivity index (χ2n) is 6.59. The Morgan fingerprint density at radius 3 is 2.83 bits per heavy atom. The molecule has 0 radical (unpaired) electrons. The predicted octanol–water partition coefficient (Wildman–Crippen LogP) is 3.07. The van der Waals surface area contributed by atoms with E-state index in [9.17, 15) is 0 Å². The number of piperidine rings is 1. The van der Waals surface area contributed by atoms with Gasteiger partial charge < -0.3 is 10.1 Å². The summed E-state index contributed by atoms with van der Waals surface area (Å²) in [5, 5.41) is 3.78. The Labute approximate surface area is 116 Å². The molecule has 104 valence electrons. The Bertz CT molecular complexity index is 272. The molecule has 3 rings (SSSR count). The highest BCUT2D eigenvalue weighted by Crippen LogP contribution is 2.41. The highest BCUT2D eigenvalue weighted by Gasteiger charge is 2.41. The SMILES string of the molecule is CC1CCNC(C2CCOC3(CCSCC3)C2)C1. The van der Waals surface area contributed by atoms with Gasteiger partial charge in [0, 0.05) is 12.6 Å². The monoisotopic (exact) mass is 269 g/mol. The standard InChI is InChI=1S/C15H27NOS/c1-12-2-6-16-14(10-12)13-3-7-17-15(11-13)4-8-18-9-5-15/h12-14,16H,2-11H2,1H3. The molecule has 3 fully saturated rings. The Morgan fingerprint density at radius 2 is 2.06 bits per heavy atom. The van der Waals surface area contributed by atoms with Crippen molar-refractivity contribution >= 4 is 11.8 Å². The fourth-order valence-electron chi connectivity index (χ4n) is 4.01. The van der Waals surface area contributed by atoms with Crippen molar-refractivity contribution in [3.05, 3.63) is 0 Å². The van der Waals surface area contributed by atoms with Gasteiger partial charge >= 0.3 is 0 Å². The maximum Gasteiger partial charge on any atom is 0.0701 e. The first kappa shape index (κ1) is 13.3. The quantitative estimate of drug-likeness (QED) is 0.790. The smallest absolute Gasteiger partial charge is 0.0701 e. The van der Waals surface area contributed by atoms with E-state index in [0.29, 0.717) is 0 Å². The average Bonchev–Trinajstić information content (AvgIpc) is 2.40. The van der Waals surface area contributed by atoms with Crippen molar-refractivity contribution in [2.75, 3.05) is 24.7 Å². The normalized spacial score (nSPS) is 40.8. The predicted molar refractivity (Wildman–Crippen MR) is 78.2 cm³/mol. The first-order valence-corrected chi connectivity index (χ1v) is 8.88. The van der Waals surface area contributed by atoms with Crippen LogP contribution < -0.4 is 5.32 Å². The second-order valence-corrected chi connectivity index (χ2v) is 7.81. The third-order valence-electron chi connectivity index (χ3n) is 5.20. The van der Waals surface area contributed by atoms with Gasteiger partial charge in [0.2, 0.25) is 0 Å². The largest absolute Gasteiger partial charge is 0.375 e. The summed E-state index contributed by atoms with van der Waals surface area (Å²) in [7, 11) is 0. The summed E-state index contributed by atoms with van der Waals surface area (Å²) < 4.78 is 6.21. The lowest BCUT2D eigenvalue weighted by molar-refractivity contribution is -0.109. The molecule has 3 atom stereocenters. The van der Waals surface area contributed by atoms with Crippen LogP contribution in [0.15, 0.2) is 0 Å². The van der Waals surface area contributed by atoms with Gasteiger partial charge in [-0.05, 0) is 68.4 Å². The lowest BCUT2D eigenvalue weighted by atomic mass is 9.75. The first-order valence-electron chi connectivity index (χ1n) is 7.72. The van der Waals surface area contributed by atoms with E-state index in [1.165, 1.54) is 56.6 Å². The van der Waals surface area contributed by atoms with Gasteiger partial charge in [-0.25, -0.2) is 0 Å². The van der Waals surface area contributed by atoms with Crippen molar-refractivity contribution in [3.63, 3.8) is 0 Å². The summed E-state index contributed by atoms with van der Waals surface area (Å²) in [6.45, 7) is 4.65. The van der Waals surface area contributed by atoms with E-state index in [4.69, 9.17) is 4.74 Å². The molecule has 0 amide bonds. The van der Waals surface area contributed by atoms with Crippen molar-refractivity contribution in [1.29, 1.82) is 0 Å². The number of nitrogens with one attached hydrogen (secondary N) is 1. The molecule has 3 heteroatoms. The molecule has 2 nitrogen and oxygen atoms in total. The molecule has 0 aromatic rings. The summed E-state index contributed by atoms with van der Waals surface area (Å²) in [6.07, 6.45) is 7.92. The van der Waals surface area contributed by atoms with Gasteiger partial charge in [-0.2, -0.15) is 11.8 Å². The highest BCUT2D eigenvalue weighted by atomic mass is 32.2. The molecule has 1 N–H and O–H groups in total. The van der Waals surface area contributed by atoms with Crippen LogP contribution in [-0.2, 0) is 4.74 Å². The maximum absolute atomic E-state index is 6.21. The van der Waals surface area contributed by atoms with Gasteiger partial charge in [-0.1, -0.05) is 6.92 Å².